The van der Waals surface area contributed by atoms with Crippen molar-refractivity contribution in [3.63, 3.8) is 0 Å². The van der Waals surface area contributed by atoms with Crippen LogP contribution in [0.3, 0.4) is 0 Å². The van der Waals surface area contributed by atoms with Crippen LogP contribution in [0.1, 0.15) is 24.1 Å². The summed E-state index contributed by atoms with van der Waals surface area (Å²) in [4.78, 5) is 10.6. The Hall–Kier alpha value is -1.78. The van der Waals surface area contributed by atoms with Gasteiger partial charge in [-0.05, 0) is 24.9 Å². The maximum absolute atomic E-state index is 10.8. The highest BCUT2D eigenvalue weighted by molar-refractivity contribution is 5.16. The van der Waals surface area contributed by atoms with Crippen LogP contribution < -0.4 is 0 Å². The lowest BCUT2D eigenvalue weighted by atomic mass is 9.89. The van der Waals surface area contributed by atoms with Crippen LogP contribution in [0, 0.1) is 0 Å². The molecule has 1 unspecified atom stereocenters. The minimum absolute atomic E-state index is 0.612. The van der Waals surface area contributed by atoms with Crippen LogP contribution in [-0.2, 0) is 12.1 Å². The zero-order valence-corrected chi connectivity index (χ0v) is 11.4. The van der Waals surface area contributed by atoms with Crippen LogP contribution in [0.2, 0.25) is 0 Å². The topological polar surface area (TPSA) is 49.3 Å². The molecule has 20 heavy (non-hydrogen) atoms. The molecule has 0 bridgehead atoms. The van der Waals surface area contributed by atoms with E-state index in [0.717, 1.165) is 25.9 Å². The molecule has 0 aliphatic carbocycles. The number of hydrogen-bond acceptors (Lipinski definition) is 4. The zero-order valence-electron chi connectivity index (χ0n) is 11.4. The van der Waals surface area contributed by atoms with Gasteiger partial charge >= 0.3 is 0 Å². The van der Waals surface area contributed by atoms with E-state index in [1.54, 1.807) is 18.6 Å². The molecule has 0 spiro atoms. The molecule has 0 amide bonds. The highest BCUT2D eigenvalue weighted by Crippen LogP contribution is 2.30. The standard InChI is InChI=1S/C16H19N3O/c20-16(15-11-17-8-9-18-15)7-4-10-19(13-16)12-14-5-2-1-3-6-14/h1-3,5-6,8-9,11,20H,4,7,10,12-13H2. The molecule has 4 heteroatoms. The number of aromatic nitrogens is 2. The summed E-state index contributed by atoms with van der Waals surface area (Å²) < 4.78 is 0. The number of nitrogens with zero attached hydrogens (tertiary/aromatic N) is 3. The fraction of sp³-hybridized carbons (Fsp3) is 0.375. The van der Waals surface area contributed by atoms with Crippen LogP contribution in [0.25, 0.3) is 0 Å². The van der Waals surface area contributed by atoms with E-state index in [0.29, 0.717) is 12.2 Å². The second-order valence-corrected chi connectivity index (χ2v) is 5.42. The van der Waals surface area contributed by atoms with Crippen LogP contribution in [0.4, 0.5) is 0 Å². The molecule has 1 fully saturated rings. The van der Waals surface area contributed by atoms with Crippen LogP contribution >= 0.6 is 0 Å². The molecule has 1 atom stereocenters. The van der Waals surface area contributed by atoms with Crippen molar-refractivity contribution in [2.24, 2.45) is 0 Å². The van der Waals surface area contributed by atoms with E-state index in [4.69, 9.17) is 0 Å². The summed E-state index contributed by atoms with van der Waals surface area (Å²) in [7, 11) is 0. The van der Waals surface area contributed by atoms with Crippen LogP contribution in [0.15, 0.2) is 48.9 Å². The van der Waals surface area contributed by atoms with E-state index >= 15 is 0 Å². The molecule has 1 aliphatic rings. The Morgan fingerprint density at radius 1 is 1.20 bits per heavy atom. The number of aliphatic hydroxyl groups is 1. The minimum atomic E-state index is -0.874. The third kappa shape index (κ3) is 2.86. The van der Waals surface area contributed by atoms with E-state index in [-0.39, 0.29) is 0 Å². The van der Waals surface area contributed by atoms with Gasteiger partial charge in [-0.25, -0.2) is 0 Å². The molecule has 1 aromatic carbocycles. The molecule has 3 rings (SSSR count). The number of β-amino-alcohol motifs (C(OH)–C–C–N with tert-alkyl or cyclic N) is 1. The zero-order chi connectivity index (χ0) is 13.8. The molecule has 4 nitrogen and oxygen atoms in total. The third-order valence-electron chi connectivity index (χ3n) is 3.84. The van der Waals surface area contributed by atoms with Gasteiger partial charge in [-0.2, -0.15) is 0 Å². The molecular formula is C16H19N3O. The van der Waals surface area contributed by atoms with Crippen molar-refractivity contribution < 1.29 is 5.11 Å². The molecule has 1 aliphatic heterocycles. The van der Waals surface area contributed by atoms with Crippen molar-refractivity contribution in [1.82, 2.24) is 14.9 Å². The van der Waals surface area contributed by atoms with E-state index in [1.165, 1.54) is 5.56 Å². The maximum Gasteiger partial charge on any atom is 0.121 e. The SMILES string of the molecule is OC1(c2cnccn2)CCCN(Cc2ccccc2)C1. The summed E-state index contributed by atoms with van der Waals surface area (Å²) in [5, 5.41) is 10.8. The molecule has 1 saturated heterocycles. The molecule has 1 aromatic heterocycles. The van der Waals surface area contributed by atoms with Crippen LogP contribution in [-0.4, -0.2) is 33.1 Å². The fourth-order valence-electron chi connectivity index (χ4n) is 2.85. The largest absolute Gasteiger partial charge is 0.382 e. The molecular weight excluding hydrogens is 250 g/mol. The predicted octanol–water partition coefficient (Wildman–Crippen LogP) is 1.96. The van der Waals surface area contributed by atoms with Crippen molar-refractivity contribution in [2.45, 2.75) is 25.0 Å². The summed E-state index contributed by atoms with van der Waals surface area (Å²) >= 11 is 0. The normalized spacial score (nSPS) is 23.6. The number of rotatable bonds is 3. The van der Waals surface area contributed by atoms with Gasteiger partial charge in [0.15, 0.2) is 0 Å². The van der Waals surface area contributed by atoms with Gasteiger partial charge in [0.05, 0.1) is 11.9 Å². The van der Waals surface area contributed by atoms with Gasteiger partial charge in [0, 0.05) is 25.5 Å². The van der Waals surface area contributed by atoms with E-state index in [2.05, 4.69) is 27.0 Å². The van der Waals surface area contributed by atoms with Gasteiger partial charge in [0.2, 0.25) is 0 Å². The predicted molar refractivity (Wildman–Crippen MR) is 76.9 cm³/mol. The Morgan fingerprint density at radius 2 is 2.05 bits per heavy atom. The van der Waals surface area contributed by atoms with Crippen molar-refractivity contribution in [3.8, 4) is 0 Å². The smallest absolute Gasteiger partial charge is 0.121 e. The van der Waals surface area contributed by atoms with Gasteiger partial charge < -0.3 is 5.11 Å². The molecule has 0 radical (unpaired) electrons. The van der Waals surface area contributed by atoms with E-state index < -0.39 is 5.60 Å². The van der Waals surface area contributed by atoms with Crippen molar-refractivity contribution in [2.75, 3.05) is 13.1 Å². The molecule has 1 N–H and O–H groups in total. The summed E-state index contributed by atoms with van der Waals surface area (Å²) in [6.07, 6.45) is 6.67. The summed E-state index contributed by atoms with van der Waals surface area (Å²) in [5.74, 6) is 0. The molecule has 2 aromatic rings. The maximum atomic E-state index is 10.8. The summed E-state index contributed by atoms with van der Waals surface area (Å²) in [5.41, 5.74) is 1.08. The summed E-state index contributed by atoms with van der Waals surface area (Å²) in [6, 6.07) is 10.4. The Balaban J connectivity index is 1.73. The van der Waals surface area contributed by atoms with Gasteiger partial charge in [0.1, 0.15) is 5.60 Å². The Bertz CT molecular complexity index is 546. The lowest BCUT2D eigenvalue weighted by Crippen LogP contribution is -2.46. The van der Waals surface area contributed by atoms with Gasteiger partial charge in [0.25, 0.3) is 0 Å². The summed E-state index contributed by atoms with van der Waals surface area (Å²) in [6.45, 7) is 2.49. The van der Waals surface area contributed by atoms with Crippen molar-refractivity contribution in [1.29, 1.82) is 0 Å². The van der Waals surface area contributed by atoms with Gasteiger partial charge in [-0.15, -0.1) is 0 Å². The lowest BCUT2D eigenvalue weighted by Gasteiger charge is -2.38. The average molecular weight is 269 g/mol. The first-order valence-corrected chi connectivity index (χ1v) is 7.01. The van der Waals surface area contributed by atoms with E-state index in [9.17, 15) is 5.11 Å². The quantitative estimate of drug-likeness (QED) is 0.925. The van der Waals surface area contributed by atoms with Crippen molar-refractivity contribution in [3.05, 3.63) is 60.2 Å². The lowest BCUT2D eigenvalue weighted by molar-refractivity contribution is -0.0416. The number of benzene rings is 1. The van der Waals surface area contributed by atoms with E-state index in [1.807, 2.05) is 18.2 Å². The number of hydrogen-bond donors (Lipinski definition) is 1. The molecule has 2 heterocycles. The minimum Gasteiger partial charge on any atom is -0.382 e. The second kappa shape index (κ2) is 5.69. The number of piperidine rings is 1. The van der Waals surface area contributed by atoms with Gasteiger partial charge in [-0.1, -0.05) is 30.3 Å². The van der Waals surface area contributed by atoms with Crippen molar-refractivity contribution >= 4 is 0 Å². The first-order valence-electron chi connectivity index (χ1n) is 7.01. The Labute approximate surface area is 119 Å². The molecule has 0 saturated carbocycles. The third-order valence-corrected chi connectivity index (χ3v) is 3.84. The first-order chi connectivity index (χ1) is 9.76. The monoisotopic (exact) mass is 269 g/mol. The second-order valence-electron chi connectivity index (χ2n) is 5.42. The average Bonchev–Trinajstić information content (AvgIpc) is 2.49. The fourth-order valence-corrected chi connectivity index (χ4v) is 2.85. The first kappa shape index (κ1) is 13.2. The molecule has 104 valence electrons. The highest BCUT2D eigenvalue weighted by Gasteiger charge is 2.36. The highest BCUT2D eigenvalue weighted by atomic mass is 16.3. The van der Waals surface area contributed by atoms with Crippen LogP contribution in [0.5, 0.6) is 0 Å². The number of likely N-dealkylation sites (tertiary alicyclic amines) is 1. The Kier molecular flexibility index (Phi) is 3.76. The van der Waals surface area contributed by atoms with Gasteiger partial charge in [-0.3, -0.25) is 14.9 Å². The Morgan fingerprint density at radius 3 is 2.80 bits per heavy atom.